The minimum Gasteiger partial charge on any atom is -0.467 e. The van der Waals surface area contributed by atoms with E-state index in [2.05, 4.69) is 16.2 Å². The van der Waals surface area contributed by atoms with Gasteiger partial charge in [0.15, 0.2) is 6.61 Å². The summed E-state index contributed by atoms with van der Waals surface area (Å²) in [6, 6.07) is 0. The number of hydroxylamine groups is 1. The van der Waals surface area contributed by atoms with E-state index in [1.807, 2.05) is 5.48 Å². The molecule has 0 aromatic carbocycles. The van der Waals surface area contributed by atoms with Crippen molar-refractivity contribution < 1.29 is 19.2 Å². The molecular weight excluding hydrogens is 162 g/mol. The summed E-state index contributed by atoms with van der Waals surface area (Å²) in [4.78, 5) is 25.6. The smallest absolute Gasteiger partial charge is 0.334 e. The Morgan fingerprint density at radius 3 is 2.50 bits per heavy atom. The molecule has 1 amide bonds. The Labute approximate surface area is 70.3 Å². The van der Waals surface area contributed by atoms with Gasteiger partial charge in [0.2, 0.25) is 0 Å². The zero-order chi connectivity index (χ0) is 9.56. The third kappa shape index (κ3) is 4.45. The Balaban J connectivity index is 3.50. The Bertz CT molecular complexity index is 200. The van der Waals surface area contributed by atoms with Gasteiger partial charge in [0.05, 0.1) is 7.11 Å². The number of esters is 1. The highest BCUT2D eigenvalue weighted by atomic mass is 16.7. The van der Waals surface area contributed by atoms with Gasteiger partial charge in [-0.2, -0.15) is 0 Å². The van der Waals surface area contributed by atoms with Crippen LogP contribution in [0.3, 0.4) is 0 Å². The Morgan fingerprint density at radius 2 is 2.08 bits per heavy atom. The van der Waals surface area contributed by atoms with Gasteiger partial charge in [-0.05, 0) is 6.92 Å². The van der Waals surface area contributed by atoms with Gasteiger partial charge in [-0.1, -0.05) is 6.58 Å². The third-order valence-electron chi connectivity index (χ3n) is 0.970. The SMILES string of the molecule is C=C(C)C(=O)NOCC(=O)OC. The minimum absolute atomic E-state index is 0.305. The molecule has 0 bridgehead atoms. The molecule has 0 saturated heterocycles. The summed E-state index contributed by atoms with van der Waals surface area (Å²) in [6.07, 6.45) is 0. The van der Waals surface area contributed by atoms with E-state index < -0.39 is 11.9 Å². The first-order valence-electron chi connectivity index (χ1n) is 3.22. The van der Waals surface area contributed by atoms with Crippen LogP contribution in [0.25, 0.3) is 0 Å². The van der Waals surface area contributed by atoms with Crippen LogP contribution >= 0.6 is 0 Å². The van der Waals surface area contributed by atoms with E-state index in [-0.39, 0.29) is 6.61 Å². The molecule has 5 nitrogen and oxygen atoms in total. The highest BCUT2D eigenvalue weighted by molar-refractivity contribution is 5.91. The van der Waals surface area contributed by atoms with Gasteiger partial charge >= 0.3 is 5.97 Å². The molecule has 12 heavy (non-hydrogen) atoms. The second-order valence-electron chi connectivity index (χ2n) is 2.08. The zero-order valence-electron chi connectivity index (χ0n) is 7.05. The van der Waals surface area contributed by atoms with Crippen molar-refractivity contribution in [3.05, 3.63) is 12.2 Å². The number of amides is 1. The Morgan fingerprint density at radius 1 is 1.50 bits per heavy atom. The molecule has 0 radical (unpaired) electrons. The summed E-state index contributed by atoms with van der Waals surface area (Å²) in [5, 5.41) is 0. The fraction of sp³-hybridized carbons (Fsp3) is 0.429. The fourth-order valence-corrected chi connectivity index (χ4v) is 0.307. The maximum absolute atomic E-state index is 10.7. The van der Waals surface area contributed by atoms with Gasteiger partial charge in [0, 0.05) is 5.57 Å². The molecule has 68 valence electrons. The minimum atomic E-state index is -0.558. The van der Waals surface area contributed by atoms with Crippen LogP contribution in [0, 0.1) is 0 Å². The predicted molar refractivity (Wildman–Crippen MR) is 40.9 cm³/mol. The van der Waals surface area contributed by atoms with E-state index in [1.165, 1.54) is 14.0 Å². The maximum Gasteiger partial charge on any atom is 0.334 e. The molecule has 0 aliphatic heterocycles. The molecule has 0 heterocycles. The Hall–Kier alpha value is -1.36. The first-order chi connectivity index (χ1) is 5.57. The van der Waals surface area contributed by atoms with Gasteiger partial charge in [0.25, 0.3) is 5.91 Å². The average Bonchev–Trinajstić information content (AvgIpc) is 2.03. The van der Waals surface area contributed by atoms with Crippen molar-refractivity contribution in [1.82, 2.24) is 5.48 Å². The second-order valence-corrected chi connectivity index (χ2v) is 2.08. The number of rotatable bonds is 4. The lowest BCUT2D eigenvalue weighted by Crippen LogP contribution is -2.27. The summed E-state index contributed by atoms with van der Waals surface area (Å²) in [5.41, 5.74) is 2.31. The number of nitrogens with one attached hydrogen (secondary N) is 1. The molecule has 0 aliphatic rings. The number of carbonyl (C=O) groups is 2. The van der Waals surface area contributed by atoms with E-state index in [1.54, 1.807) is 0 Å². The van der Waals surface area contributed by atoms with Crippen LogP contribution < -0.4 is 5.48 Å². The van der Waals surface area contributed by atoms with Crippen LogP contribution in [0.15, 0.2) is 12.2 Å². The topological polar surface area (TPSA) is 64.6 Å². The van der Waals surface area contributed by atoms with Gasteiger partial charge in [0.1, 0.15) is 0 Å². The van der Waals surface area contributed by atoms with Gasteiger partial charge in [-0.15, -0.1) is 0 Å². The molecule has 1 N–H and O–H groups in total. The lowest BCUT2D eigenvalue weighted by atomic mass is 10.3. The van der Waals surface area contributed by atoms with Gasteiger partial charge in [-0.25, -0.2) is 10.3 Å². The lowest BCUT2D eigenvalue weighted by Gasteiger charge is -2.03. The number of hydrogen-bond acceptors (Lipinski definition) is 4. The molecule has 0 aliphatic carbocycles. The normalized spacial score (nSPS) is 8.83. The average molecular weight is 173 g/mol. The van der Waals surface area contributed by atoms with Crippen molar-refractivity contribution in [1.29, 1.82) is 0 Å². The first-order valence-corrected chi connectivity index (χ1v) is 3.22. The van der Waals surface area contributed by atoms with Crippen LogP contribution in [-0.4, -0.2) is 25.6 Å². The predicted octanol–water partition coefficient (Wildman–Crippen LogP) is -0.217. The molecule has 0 aromatic rings. The van der Waals surface area contributed by atoms with Crippen LogP contribution in [0.1, 0.15) is 6.92 Å². The summed E-state index contributed by atoms with van der Waals surface area (Å²) in [5.74, 6) is -1.02. The zero-order valence-corrected chi connectivity index (χ0v) is 7.05. The molecule has 0 unspecified atom stereocenters. The highest BCUT2D eigenvalue weighted by Gasteiger charge is 2.03. The van der Waals surface area contributed by atoms with E-state index in [0.717, 1.165) is 0 Å². The standard InChI is InChI=1S/C7H11NO4/c1-5(2)7(10)8-12-4-6(9)11-3/h1,4H2,2-3H3,(H,8,10). The fourth-order valence-electron chi connectivity index (χ4n) is 0.307. The van der Waals surface area contributed by atoms with Crippen LogP contribution in [0.5, 0.6) is 0 Å². The van der Waals surface area contributed by atoms with E-state index in [9.17, 15) is 9.59 Å². The molecule has 0 saturated carbocycles. The van der Waals surface area contributed by atoms with Crippen molar-refractivity contribution in [2.24, 2.45) is 0 Å². The van der Waals surface area contributed by atoms with Crippen molar-refractivity contribution in [2.45, 2.75) is 6.92 Å². The monoisotopic (exact) mass is 173 g/mol. The van der Waals surface area contributed by atoms with E-state index >= 15 is 0 Å². The van der Waals surface area contributed by atoms with Crippen molar-refractivity contribution in [3.63, 3.8) is 0 Å². The molecule has 0 aromatic heterocycles. The summed E-state index contributed by atoms with van der Waals surface area (Å²) in [6.45, 7) is 4.58. The summed E-state index contributed by atoms with van der Waals surface area (Å²) < 4.78 is 4.25. The molecule has 0 fully saturated rings. The maximum atomic E-state index is 10.7. The van der Waals surface area contributed by atoms with Crippen LogP contribution in [-0.2, 0) is 19.2 Å². The van der Waals surface area contributed by atoms with Crippen molar-refractivity contribution >= 4 is 11.9 Å². The molecule has 5 heteroatoms. The van der Waals surface area contributed by atoms with Crippen LogP contribution in [0.2, 0.25) is 0 Å². The Kier molecular flexibility index (Phi) is 4.71. The van der Waals surface area contributed by atoms with E-state index in [4.69, 9.17) is 0 Å². The summed E-state index contributed by atoms with van der Waals surface area (Å²) >= 11 is 0. The van der Waals surface area contributed by atoms with Gasteiger partial charge < -0.3 is 4.74 Å². The number of methoxy groups -OCH3 is 1. The van der Waals surface area contributed by atoms with Crippen molar-refractivity contribution in [3.8, 4) is 0 Å². The number of carbonyl (C=O) groups excluding carboxylic acids is 2. The quantitative estimate of drug-likeness (QED) is 0.363. The van der Waals surface area contributed by atoms with Crippen molar-refractivity contribution in [2.75, 3.05) is 13.7 Å². The van der Waals surface area contributed by atoms with E-state index in [0.29, 0.717) is 5.57 Å². The lowest BCUT2D eigenvalue weighted by molar-refractivity contribution is -0.151. The molecule has 0 rings (SSSR count). The second kappa shape index (κ2) is 5.31. The number of hydrogen-bond donors (Lipinski definition) is 1. The van der Waals surface area contributed by atoms with Gasteiger partial charge in [-0.3, -0.25) is 9.63 Å². The highest BCUT2D eigenvalue weighted by Crippen LogP contribution is 1.85. The molecule has 0 spiro atoms. The molecular formula is C7H11NO4. The first kappa shape index (κ1) is 10.6. The third-order valence-corrected chi connectivity index (χ3v) is 0.970. The number of ether oxygens (including phenoxy) is 1. The van der Waals surface area contributed by atoms with Crippen LogP contribution in [0.4, 0.5) is 0 Å². The molecule has 0 atom stereocenters. The largest absolute Gasteiger partial charge is 0.467 e. The summed E-state index contributed by atoms with van der Waals surface area (Å²) in [7, 11) is 1.23.